The van der Waals surface area contributed by atoms with E-state index in [0.717, 1.165) is 12.8 Å². The fraction of sp³-hybridized carbons (Fsp3) is 0.833. The van der Waals surface area contributed by atoms with Gasteiger partial charge >= 0.3 is 5.97 Å². The molecular formula is C12H24N2O3. The normalized spacial score (nSPS) is 13.0. The maximum Gasteiger partial charge on any atom is 0.323 e. The van der Waals surface area contributed by atoms with Crippen LogP contribution in [0.15, 0.2) is 0 Å². The molecule has 100 valence electrons. The van der Waals surface area contributed by atoms with Crippen molar-refractivity contribution in [2.45, 2.75) is 58.5 Å². The van der Waals surface area contributed by atoms with E-state index in [1.807, 2.05) is 27.7 Å². The van der Waals surface area contributed by atoms with Crippen molar-refractivity contribution in [1.29, 1.82) is 0 Å². The van der Waals surface area contributed by atoms with Crippen LogP contribution in [0, 0.1) is 0 Å². The molecule has 17 heavy (non-hydrogen) atoms. The predicted molar refractivity (Wildman–Crippen MR) is 66.4 cm³/mol. The number of nitrogens with one attached hydrogen (secondary N) is 1. The number of ether oxygens (including phenoxy) is 1. The monoisotopic (exact) mass is 244 g/mol. The zero-order chi connectivity index (χ0) is 13.5. The van der Waals surface area contributed by atoms with Gasteiger partial charge in [-0.2, -0.15) is 0 Å². The second-order valence-electron chi connectivity index (χ2n) is 5.13. The predicted octanol–water partition coefficient (Wildman–Crippen LogP) is 0.962. The van der Waals surface area contributed by atoms with Gasteiger partial charge in [0.05, 0.1) is 13.0 Å². The van der Waals surface area contributed by atoms with E-state index in [2.05, 4.69) is 5.32 Å². The summed E-state index contributed by atoms with van der Waals surface area (Å²) in [5.74, 6) is -0.750. The van der Waals surface area contributed by atoms with Crippen molar-refractivity contribution in [3.05, 3.63) is 0 Å². The molecule has 0 aliphatic rings. The van der Waals surface area contributed by atoms with Crippen molar-refractivity contribution >= 4 is 11.9 Å². The Morgan fingerprint density at radius 1 is 1.35 bits per heavy atom. The number of carbonyl (C=O) groups is 2. The molecule has 0 saturated carbocycles. The van der Waals surface area contributed by atoms with Crippen LogP contribution in [-0.2, 0) is 14.3 Å². The molecule has 0 aromatic heterocycles. The van der Waals surface area contributed by atoms with E-state index >= 15 is 0 Å². The third kappa shape index (κ3) is 8.68. The number of carbonyl (C=O) groups excluding carboxylic acids is 2. The maximum absolute atomic E-state index is 11.5. The first-order valence-corrected chi connectivity index (χ1v) is 5.99. The van der Waals surface area contributed by atoms with E-state index in [9.17, 15) is 9.59 Å². The highest BCUT2D eigenvalue weighted by Gasteiger charge is 2.21. The zero-order valence-electron chi connectivity index (χ0n) is 11.2. The lowest BCUT2D eigenvalue weighted by Crippen LogP contribution is -2.45. The van der Waals surface area contributed by atoms with Crippen LogP contribution in [0.5, 0.6) is 0 Å². The standard InChI is InChI=1S/C12H24N2O3/c1-5-6-7-17-11(16)9(13)8-10(15)14-12(2,3)4/h9H,5-8,13H2,1-4H3,(H,14,15)/t9-/m0/s1. The van der Waals surface area contributed by atoms with Crippen LogP contribution in [0.3, 0.4) is 0 Å². The minimum atomic E-state index is -0.880. The van der Waals surface area contributed by atoms with E-state index < -0.39 is 12.0 Å². The Balaban J connectivity index is 3.95. The summed E-state index contributed by atoms with van der Waals surface area (Å²) in [5, 5.41) is 2.75. The Kier molecular flexibility index (Phi) is 6.80. The molecule has 0 rings (SSSR count). The van der Waals surface area contributed by atoms with Crippen LogP contribution in [-0.4, -0.2) is 30.1 Å². The average Bonchev–Trinajstić information content (AvgIpc) is 2.14. The van der Waals surface area contributed by atoms with Crippen LogP contribution in [0.1, 0.15) is 47.0 Å². The summed E-state index contributed by atoms with van der Waals surface area (Å²) in [4.78, 5) is 22.9. The SMILES string of the molecule is CCCCOC(=O)[C@@H](N)CC(=O)NC(C)(C)C. The molecule has 0 bridgehead atoms. The minimum absolute atomic E-state index is 0.0395. The second-order valence-corrected chi connectivity index (χ2v) is 5.13. The summed E-state index contributed by atoms with van der Waals surface area (Å²) in [6.07, 6.45) is 1.72. The van der Waals surface area contributed by atoms with Gasteiger partial charge in [-0.15, -0.1) is 0 Å². The van der Waals surface area contributed by atoms with Crippen molar-refractivity contribution < 1.29 is 14.3 Å². The van der Waals surface area contributed by atoms with E-state index in [-0.39, 0.29) is 17.9 Å². The molecule has 0 saturated heterocycles. The molecule has 0 aliphatic heterocycles. The number of esters is 1. The molecule has 0 spiro atoms. The maximum atomic E-state index is 11.5. The lowest BCUT2D eigenvalue weighted by Gasteiger charge is -2.21. The summed E-state index contributed by atoms with van der Waals surface area (Å²) < 4.78 is 4.93. The molecule has 0 aromatic rings. The molecule has 0 fully saturated rings. The number of hydrogen-bond donors (Lipinski definition) is 2. The molecule has 1 amide bonds. The van der Waals surface area contributed by atoms with Gasteiger partial charge in [-0.25, -0.2) is 0 Å². The molecule has 5 nitrogen and oxygen atoms in total. The third-order valence-corrected chi connectivity index (χ3v) is 1.96. The van der Waals surface area contributed by atoms with Gasteiger partial charge in [0.2, 0.25) is 5.91 Å². The van der Waals surface area contributed by atoms with Crippen molar-refractivity contribution in [1.82, 2.24) is 5.32 Å². The van der Waals surface area contributed by atoms with Gasteiger partial charge in [-0.05, 0) is 27.2 Å². The molecule has 0 aromatic carbocycles. The minimum Gasteiger partial charge on any atom is -0.465 e. The Morgan fingerprint density at radius 2 is 1.94 bits per heavy atom. The summed E-state index contributed by atoms with van der Waals surface area (Å²) in [6, 6.07) is -0.880. The number of hydrogen-bond acceptors (Lipinski definition) is 4. The van der Waals surface area contributed by atoms with Gasteiger partial charge < -0.3 is 15.8 Å². The number of amides is 1. The molecule has 0 aliphatic carbocycles. The smallest absolute Gasteiger partial charge is 0.323 e. The lowest BCUT2D eigenvalue weighted by molar-refractivity contribution is -0.146. The van der Waals surface area contributed by atoms with Gasteiger partial charge in [0, 0.05) is 5.54 Å². The number of unbranched alkanes of at least 4 members (excludes halogenated alkanes) is 1. The van der Waals surface area contributed by atoms with Gasteiger partial charge in [0.25, 0.3) is 0 Å². The van der Waals surface area contributed by atoms with Crippen molar-refractivity contribution in [2.75, 3.05) is 6.61 Å². The van der Waals surface area contributed by atoms with Gasteiger partial charge in [0.15, 0.2) is 0 Å². The molecular weight excluding hydrogens is 220 g/mol. The van der Waals surface area contributed by atoms with Crippen molar-refractivity contribution in [3.63, 3.8) is 0 Å². The molecule has 0 unspecified atom stereocenters. The van der Waals surface area contributed by atoms with Crippen LogP contribution >= 0.6 is 0 Å². The van der Waals surface area contributed by atoms with Crippen LogP contribution in [0.2, 0.25) is 0 Å². The summed E-state index contributed by atoms with van der Waals surface area (Å²) in [7, 11) is 0. The lowest BCUT2D eigenvalue weighted by atomic mass is 10.1. The largest absolute Gasteiger partial charge is 0.465 e. The van der Waals surface area contributed by atoms with Gasteiger partial charge in [0.1, 0.15) is 6.04 Å². The second kappa shape index (κ2) is 7.27. The Labute approximate surface area is 103 Å². The fourth-order valence-electron chi connectivity index (χ4n) is 1.18. The quantitative estimate of drug-likeness (QED) is 0.538. The molecule has 5 heteroatoms. The summed E-state index contributed by atoms with van der Waals surface area (Å²) >= 11 is 0. The van der Waals surface area contributed by atoms with Crippen LogP contribution in [0.25, 0.3) is 0 Å². The molecule has 1 atom stereocenters. The highest BCUT2D eigenvalue weighted by molar-refractivity contribution is 5.85. The van der Waals surface area contributed by atoms with E-state index in [0.29, 0.717) is 6.61 Å². The first-order valence-electron chi connectivity index (χ1n) is 5.99. The highest BCUT2D eigenvalue weighted by Crippen LogP contribution is 2.01. The fourth-order valence-corrected chi connectivity index (χ4v) is 1.18. The van der Waals surface area contributed by atoms with E-state index in [1.165, 1.54) is 0 Å². The van der Waals surface area contributed by atoms with Gasteiger partial charge in [-0.3, -0.25) is 9.59 Å². The summed E-state index contributed by atoms with van der Waals surface area (Å²) in [5.41, 5.74) is 5.27. The first kappa shape index (κ1) is 15.9. The topological polar surface area (TPSA) is 81.4 Å². The Bertz CT molecular complexity index is 259. The van der Waals surface area contributed by atoms with E-state index in [4.69, 9.17) is 10.5 Å². The highest BCUT2D eigenvalue weighted by atomic mass is 16.5. The van der Waals surface area contributed by atoms with E-state index in [1.54, 1.807) is 0 Å². The van der Waals surface area contributed by atoms with Crippen LogP contribution in [0.4, 0.5) is 0 Å². The summed E-state index contributed by atoms with van der Waals surface area (Å²) in [6.45, 7) is 7.98. The molecule has 3 N–H and O–H groups in total. The average molecular weight is 244 g/mol. The van der Waals surface area contributed by atoms with Crippen molar-refractivity contribution in [2.24, 2.45) is 5.73 Å². The third-order valence-electron chi connectivity index (χ3n) is 1.96. The van der Waals surface area contributed by atoms with Crippen LogP contribution < -0.4 is 11.1 Å². The zero-order valence-corrected chi connectivity index (χ0v) is 11.2. The molecule has 0 heterocycles. The van der Waals surface area contributed by atoms with Gasteiger partial charge in [-0.1, -0.05) is 13.3 Å². The Morgan fingerprint density at radius 3 is 2.41 bits per heavy atom. The number of rotatable bonds is 6. The molecule has 0 radical (unpaired) electrons. The Hall–Kier alpha value is -1.10. The number of nitrogens with two attached hydrogens (primary N) is 1. The first-order chi connectivity index (χ1) is 7.76. The van der Waals surface area contributed by atoms with Crippen molar-refractivity contribution in [3.8, 4) is 0 Å².